The van der Waals surface area contributed by atoms with Gasteiger partial charge in [-0.1, -0.05) is 38.5 Å². The molecule has 0 heterocycles. The number of aliphatic carboxylic acids is 1. The molecule has 16 heavy (non-hydrogen) atoms. The largest absolute Gasteiger partial charge is 0.550 e. The molecule has 0 saturated heterocycles. The van der Waals surface area contributed by atoms with Gasteiger partial charge in [-0.25, -0.2) is 0 Å². The van der Waals surface area contributed by atoms with Crippen LogP contribution in [0.15, 0.2) is 0 Å². The van der Waals surface area contributed by atoms with Crippen molar-refractivity contribution >= 4 is 5.97 Å². The van der Waals surface area contributed by atoms with Crippen LogP contribution in [0, 0.1) is 17.8 Å². The molecule has 0 aromatic carbocycles. The van der Waals surface area contributed by atoms with Crippen molar-refractivity contribution in [2.45, 2.75) is 64.2 Å². The van der Waals surface area contributed by atoms with Gasteiger partial charge in [0, 0.05) is 11.9 Å². The first-order valence-corrected chi connectivity index (χ1v) is 7.00. The minimum absolute atomic E-state index is 0.138. The van der Waals surface area contributed by atoms with E-state index in [0.717, 1.165) is 25.7 Å². The van der Waals surface area contributed by atoms with Crippen molar-refractivity contribution in [3.63, 3.8) is 0 Å². The average molecular weight is 223 g/mol. The molecule has 0 spiro atoms. The Morgan fingerprint density at radius 3 is 1.50 bits per heavy atom. The van der Waals surface area contributed by atoms with E-state index in [1.54, 1.807) is 0 Å². The Kier molecular flexibility index (Phi) is 4.25. The predicted octanol–water partition coefficient (Wildman–Crippen LogP) is 2.51. The Balaban J connectivity index is 1.99. The lowest BCUT2D eigenvalue weighted by Gasteiger charge is -2.38. The van der Waals surface area contributed by atoms with Gasteiger partial charge in [0.15, 0.2) is 0 Å². The van der Waals surface area contributed by atoms with E-state index in [-0.39, 0.29) is 5.92 Å². The molecule has 2 saturated carbocycles. The number of carboxylic acids is 1. The number of rotatable bonds is 3. The molecule has 0 amide bonds. The third-order valence-electron chi connectivity index (χ3n) is 4.59. The van der Waals surface area contributed by atoms with Gasteiger partial charge in [0.1, 0.15) is 0 Å². The molecule has 0 radical (unpaired) electrons. The molecule has 2 aliphatic rings. The van der Waals surface area contributed by atoms with Crippen LogP contribution < -0.4 is 5.11 Å². The van der Waals surface area contributed by atoms with Gasteiger partial charge in [-0.05, 0) is 37.5 Å². The van der Waals surface area contributed by atoms with E-state index in [4.69, 9.17) is 0 Å². The van der Waals surface area contributed by atoms with Crippen LogP contribution in [0.2, 0.25) is 0 Å². The van der Waals surface area contributed by atoms with Gasteiger partial charge >= 0.3 is 0 Å². The highest BCUT2D eigenvalue weighted by atomic mass is 16.4. The van der Waals surface area contributed by atoms with Crippen molar-refractivity contribution in [3.8, 4) is 0 Å². The van der Waals surface area contributed by atoms with Crippen LogP contribution in [-0.2, 0) is 4.79 Å². The fourth-order valence-electron chi connectivity index (χ4n) is 3.76. The Labute approximate surface area is 98.4 Å². The van der Waals surface area contributed by atoms with Crippen molar-refractivity contribution in [1.29, 1.82) is 0 Å². The minimum Gasteiger partial charge on any atom is -0.550 e. The number of hydrogen-bond acceptors (Lipinski definition) is 2. The molecule has 2 nitrogen and oxygen atoms in total. The molecule has 2 rings (SSSR count). The molecule has 0 N–H and O–H groups in total. The van der Waals surface area contributed by atoms with E-state index < -0.39 is 5.97 Å². The first-order chi connectivity index (χ1) is 7.79. The predicted molar refractivity (Wildman–Crippen MR) is 61.6 cm³/mol. The summed E-state index contributed by atoms with van der Waals surface area (Å²) in [7, 11) is 0. The lowest BCUT2D eigenvalue weighted by Crippen LogP contribution is -2.41. The first kappa shape index (κ1) is 11.9. The lowest BCUT2D eigenvalue weighted by atomic mass is 9.70. The summed E-state index contributed by atoms with van der Waals surface area (Å²) in [4.78, 5) is 11.4. The van der Waals surface area contributed by atoms with Crippen LogP contribution in [0.1, 0.15) is 64.2 Å². The van der Waals surface area contributed by atoms with Crippen LogP contribution in [0.5, 0.6) is 0 Å². The maximum Gasteiger partial charge on any atom is 0.0450 e. The molecule has 0 bridgehead atoms. The normalized spacial score (nSPS) is 24.8. The Hall–Kier alpha value is -0.530. The number of carbonyl (C=O) groups is 1. The molecule has 2 fully saturated rings. The molecular formula is C14H23O2-. The summed E-state index contributed by atoms with van der Waals surface area (Å²) in [5.74, 6) is -0.0666. The number of carboxylic acid groups (broad SMARTS) is 1. The monoisotopic (exact) mass is 223 g/mol. The summed E-state index contributed by atoms with van der Waals surface area (Å²) in [6, 6.07) is 0. The fourth-order valence-corrected chi connectivity index (χ4v) is 3.76. The lowest BCUT2D eigenvalue weighted by molar-refractivity contribution is -0.316. The van der Waals surface area contributed by atoms with Gasteiger partial charge in [0.2, 0.25) is 0 Å². The second kappa shape index (κ2) is 5.70. The van der Waals surface area contributed by atoms with E-state index in [1.165, 1.54) is 38.5 Å². The second-order valence-electron chi connectivity index (χ2n) is 5.64. The summed E-state index contributed by atoms with van der Waals surface area (Å²) in [6.07, 6.45) is 12.0. The smallest absolute Gasteiger partial charge is 0.0450 e. The van der Waals surface area contributed by atoms with Crippen molar-refractivity contribution in [2.24, 2.45) is 17.8 Å². The van der Waals surface area contributed by atoms with Gasteiger partial charge in [-0.15, -0.1) is 0 Å². The van der Waals surface area contributed by atoms with E-state index in [2.05, 4.69) is 0 Å². The van der Waals surface area contributed by atoms with Crippen LogP contribution in [0.4, 0.5) is 0 Å². The third-order valence-corrected chi connectivity index (χ3v) is 4.59. The highest BCUT2D eigenvalue weighted by molar-refractivity contribution is 5.68. The zero-order valence-electron chi connectivity index (χ0n) is 10.1. The molecule has 2 heteroatoms. The maximum atomic E-state index is 11.4. The van der Waals surface area contributed by atoms with Gasteiger partial charge in [-0.2, -0.15) is 0 Å². The second-order valence-corrected chi connectivity index (χ2v) is 5.64. The first-order valence-electron chi connectivity index (χ1n) is 7.00. The van der Waals surface area contributed by atoms with Gasteiger partial charge in [0.25, 0.3) is 0 Å². The van der Waals surface area contributed by atoms with E-state index in [1.807, 2.05) is 0 Å². The Morgan fingerprint density at radius 2 is 1.19 bits per heavy atom. The van der Waals surface area contributed by atoms with Crippen molar-refractivity contribution < 1.29 is 9.90 Å². The van der Waals surface area contributed by atoms with E-state index in [0.29, 0.717) is 11.8 Å². The van der Waals surface area contributed by atoms with Crippen LogP contribution in [0.25, 0.3) is 0 Å². The van der Waals surface area contributed by atoms with E-state index >= 15 is 0 Å². The molecule has 0 aliphatic heterocycles. The van der Waals surface area contributed by atoms with Crippen LogP contribution >= 0.6 is 0 Å². The number of carbonyl (C=O) groups excluding carboxylic acids is 1. The molecule has 2 aliphatic carbocycles. The topological polar surface area (TPSA) is 40.1 Å². The summed E-state index contributed by atoms with van der Waals surface area (Å²) < 4.78 is 0. The maximum absolute atomic E-state index is 11.4. The zero-order valence-corrected chi connectivity index (χ0v) is 10.1. The van der Waals surface area contributed by atoms with Crippen molar-refractivity contribution in [1.82, 2.24) is 0 Å². The SMILES string of the molecule is O=C([O-])C(C1CCCCC1)C1CCCCC1. The Bertz CT molecular complexity index is 207. The number of hydrogen-bond donors (Lipinski definition) is 0. The highest BCUT2D eigenvalue weighted by Gasteiger charge is 2.32. The Morgan fingerprint density at radius 1 is 0.812 bits per heavy atom. The summed E-state index contributed by atoms with van der Waals surface area (Å²) in [6.45, 7) is 0. The standard InChI is InChI=1S/C14H24O2/c15-14(16)13(11-7-3-1-4-8-11)12-9-5-2-6-10-12/h11-13H,1-10H2,(H,15,16)/p-1. The molecule has 0 aromatic rings. The zero-order chi connectivity index (χ0) is 11.4. The van der Waals surface area contributed by atoms with Crippen LogP contribution in [-0.4, -0.2) is 5.97 Å². The van der Waals surface area contributed by atoms with Gasteiger partial charge < -0.3 is 9.90 Å². The molecule has 92 valence electrons. The molecule has 0 aromatic heterocycles. The third kappa shape index (κ3) is 2.78. The van der Waals surface area contributed by atoms with Crippen molar-refractivity contribution in [3.05, 3.63) is 0 Å². The fraction of sp³-hybridized carbons (Fsp3) is 0.929. The van der Waals surface area contributed by atoms with Crippen LogP contribution in [0.3, 0.4) is 0 Å². The quantitative estimate of drug-likeness (QED) is 0.737. The molecule has 0 atom stereocenters. The van der Waals surface area contributed by atoms with Gasteiger partial charge in [0.05, 0.1) is 0 Å². The minimum atomic E-state index is -0.765. The van der Waals surface area contributed by atoms with Gasteiger partial charge in [-0.3, -0.25) is 0 Å². The molecular weight excluding hydrogens is 200 g/mol. The summed E-state index contributed by atoms with van der Waals surface area (Å²) in [5.41, 5.74) is 0. The highest BCUT2D eigenvalue weighted by Crippen LogP contribution is 2.39. The summed E-state index contributed by atoms with van der Waals surface area (Å²) >= 11 is 0. The van der Waals surface area contributed by atoms with E-state index in [9.17, 15) is 9.90 Å². The summed E-state index contributed by atoms with van der Waals surface area (Å²) in [5, 5.41) is 11.4. The average Bonchev–Trinajstić information content (AvgIpc) is 2.31. The molecule has 0 unspecified atom stereocenters. The van der Waals surface area contributed by atoms with Crippen molar-refractivity contribution in [2.75, 3.05) is 0 Å².